The van der Waals surface area contributed by atoms with Crippen molar-refractivity contribution in [2.45, 2.75) is 17.1 Å². The molecule has 0 spiro atoms. The van der Waals surface area contributed by atoms with Gasteiger partial charge in [0.25, 0.3) is 16.0 Å². The Morgan fingerprint density at radius 1 is 1.03 bits per heavy atom. The number of sulfonamides is 1. The molecule has 1 aromatic carbocycles. The fourth-order valence-corrected chi connectivity index (χ4v) is 7.34. The minimum atomic E-state index is -3.56. The molecule has 3 aromatic rings. The number of halogens is 1. The number of thiophene rings is 1. The third kappa shape index (κ3) is 4.12. The number of benzene rings is 1. The van der Waals surface area contributed by atoms with Gasteiger partial charge >= 0.3 is 0 Å². The molecule has 0 bridgehead atoms. The number of anilines is 1. The number of hydrogen-bond donors (Lipinski definition) is 0. The molecule has 8 nitrogen and oxygen atoms in total. The Morgan fingerprint density at radius 2 is 1.75 bits per heavy atom. The first-order valence-electron chi connectivity index (χ1n) is 10.6. The van der Waals surface area contributed by atoms with Crippen molar-refractivity contribution in [3.8, 4) is 0 Å². The van der Waals surface area contributed by atoms with E-state index in [-0.39, 0.29) is 16.0 Å². The van der Waals surface area contributed by atoms with Gasteiger partial charge in [0.15, 0.2) is 5.58 Å². The first-order chi connectivity index (χ1) is 15.4. The molecule has 0 radical (unpaired) electrons. The molecule has 0 unspecified atom stereocenters. The van der Waals surface area contributed by atoms with Crippen LogP contribution in [0.4, 0.5) is 6.01 Å². The van der Waals surface area contributed by atoms with Crippen molar-refractivity contribution in [1.82, 2.24) is 14.2 Å². The lowest BCUT2D eigenvalue weighted by Gasteiger charge is -2.37. The topological polar surface area (TPSA) is 87.0 Å². The highest BCUT2D eigenvalue weighted by Crippen LogP contribution is 2.30. The van der Waals surface area contributed by atoms with Crippen LogP contribution in [0.25, 0.3) is 11.1 Å². The lowest BCUT2D eigenvalue weighted by Crippen LogP contribution is -2.52. The molecular formula is C21H23ClN4O4S2. The van der Waals surface area contributed by atoms with Gasteiger partial charge in [0.2, 0.25) is 5.91 Å². The maximum absolute atomic E-state index is 13.1. The average molecular weight is 495 g/mol. The lowest BCUT2D eigenvalue weighted by molar-refractivity contribution is -0.137. The van der Waals surface area contributed by atoms with E-state index in [0.717, 1.165) is 35.3 Å². The van der Waals surface area contributed by atoms with E-state index in [1.165, 1.54) is 10.4 Å². The van der Waals surface area contributed by atoms with Crippen LogP contribution < -0.4 is 4.90 Å². The van der Waals surface area contributed by atoms with Crippen molar-refractivity contribution in [2.24, 2.45) is 5.92 Å². The number of piperazine rings is 1. The van der Waals surface area contributed by atoms with Crippen LogP contribution in [0, 0.1) is 5.92 Å². The molecular weight excluding hydrogens is 472 g/mol. The van der Waals surface area contributed by atoms with Crippen LogP contribution in [0.1, 0.15) is 12.8 Å². The van der Waals surface area contributed by atoms with Crippen LogP contribution >= 0.6 is 22.9 Å². The number of carbonyl (C=O) groups excluding carboxylic acids is 1. The summed E-state index contributed by atoms with van der Waals surface area (Å²) in [5.41, 5.74) is 1.59. The summed E-state index contributed by atoms with van der Waals surface area (Å²) in [6.45, 7) is 2.81. The Bertz CT molecular complexity index is 1190. The number of hydrogen-bond acceptors (Lipinski definition) is 7. The van der Waals surface area contributed by atoms with Crippen molar-refractivity contribution in [3.63, 3.8) is 0 Å². The van der Waals surface area contributed by atoms with Gasteiger partial charge in [0.1, 0.15) is 9.73 Å². The van der Waals surface area contributed by atoms with E-state index in [1.54, 1.807) is 11.0 Å². The summed E-state index contributed by atoms with van der Waals surface area (Å²) in [7, 11) is -3.56. The van der Waals surface area contributed by atoms with Gasteiger partial charge in [0, 0.05) is 45.2 Å². The number of nitrogens with zero attached hydrogens (tertiary/aromatic N) is 4. The highest BCUT2D eigenvalue weighted by Gasteiger charge is 2.35. The Morgan fingerprint density at radius 3 is 2.41 bits per heavy atom. The quantitative estimate of drug-likeness (QED) is 0.553. The third-order valence-electron chi connectivity index (χ3n) is 6.09. The molecule has 2 saturated heterocycles. The Kier molecular flexibility index (Phi) is 5.87. The molecule has 170 valence electrons. The SMILES string of the molecule is O=C(C1CCN(c2nc3ccccc3o2)CC1)N1CCN(S(=O)(=O)c2ccc(Cl)s2)CC1. The average Bonchev–Trinajstić information content (AvgIpc) is 3.45. The molecule has 0 atom stereocenters. The van der Waals surface area contributed by atoms with E-state index >= 15 is 0 Å². The molecule has 2 aliphatic rings. The van der Waals surface area contributed by atoms with Crippen molar-refractivity contribution >= 4 is 56.0 Å². The fraction of sp³-hybridized carbons (Fsp3) is 0.429. The summed E-state index contributed by atoms with van der Waals surface area (Å²) in [6, 6.07) is 11.4. The number of rotatable bonds is 4. The molecule has 0 N–H and O–H groups in total. The smallest absolute Gasteiger partial charge is 0.298 e. The van der Waals surface area contributed by atoms with Gasteiger partial charge in [-0.1, -0.05) is 23.7 Å². The van der Waals surface area contributed by atoms with Gasteiger partial charge in [-0.05, 0) is 37.1 Å². The van der Waals surface area contributed by atoms with Gasteiger partial charge in [-0.2, -0.15) is 9.29 Å². The van der Waals surface area contributed by atoms with Crippen molar-refractivity contribution in [2.75, 3.05) is 44.2 Å². The summed E-state index contributed by atoms with van der Waals surface area (Å²) in [4.78, 5) is 21.5. The fourth-order valence-electron chi connectivity index (χ4n) is 4.28. The predicted octanol–water partition coefficient (Wildman–Crippen LogP) is 3.29. The zero-order chi connectivity index (χ0) is 22.3. The molecule has 2 aromatic heterocycles. The number of oxazole rings is 1. The summed E-state index contributed by atoms with van der Waals surface area (Å²) < 4.78 is 33.5. The van der Waals surface area contributed by atoms with Crippen LogP contribution in [0.15, 0.2) is 45.0 Å². The second-order valence-electron chi connectivity index (χ2n) is 8.01. The maximum Gasteiger partial charge on any atom is 0.298 e. The zero-order valence-corrected chi connectivity index (χ0v) is 19.7. The van der Waals surface area contributed by atoms with Gasteiger partial charge in [-0.15, -0.1) is 11.3 Å². The maximum atomic E-state index is 13.1. The molecule has 1 amide bonds. The lowest BCUT2D eigenvalue weighted by atomic mass is 9.95. The Balaban J connectivity index is 1.16. The highest BCUT2D eigenvalue weighted by atomic mass is 35.5. The Labute approximate surface area is 195 Å². The van der Waals surface area contributed by atoms with Crippen molar-refractivity contribution in [1.29, 1.82) is 0 Å². The first-order valence-corrected chi connectivity index (χ1v) is 13.2. The van der Waals surface area contributed by atoms with E-state index < -0.39 is 10.0 Å². The molecule has 11 heteroatoms. The van der Waals surface area contributed by atoms with Gasteiger partial charge in [-0.3, -0.25) is 4.79 Å². The Hall–Kier alpha value is -2.14. The summed E-state index contributed by atoms with van der Waals surface area (Å²) >= 11 is 6.95. The first kappa shape index (κ1) is 21.7. The van der Waals surface area contributed by atoms with E-state index in [0.29, 0.717) is 49.6 Å². The number of carbonyl (C=O) groups is 1. The number of fused-ring (bicyclic) bond motifs is 1. The van der Waals surface area contributed by atoms with E-state index in [4.69, 9.17) is 16.0 Å². The monoisotopic (exact) mass is 494 g/mol. The predicted molar refractivity (Wildman–Crippen MR) is 124 cm³/mol. The van der Waals surface area contributed by atoms with Crippen molar-refractivity contribution < 1.29 is 17.6 Å². The summed E-state index contributed by atoms with van der Waals surface area (Å²) in [6.07, 6.45) is 1.45. The third-order valence-corrected chi connectivity index (χ3v) is 9.69. The second-order valence-corrected chi connectivity index (χ2v) is 11.9. The van der Waals surface area contributed by atoms with Crippen LogP contribution in [-0.4, -0.2) is 67.8 Å². The van der Waals surface area contributed by atoms with Crippen LogP contribution in [-0.2, 0) is 14.8 Å². The van der Waals surface area contributed by atoms with E-state index in [2.05, 4.69) is 9.88 Å². The van der Waals surface area contributed by atoms with Crippen LogP contribution in [0.5, 0.6) is 0 Å². The molecule has 32 heavy (non-hydrogen) atoms. The molecule has 0 aliphatic carbocycles. The van der Waals surface area contributed by atoms with Crippen LogP contribution in [0.3, 0.4) is 0 Å². The number of amides is 1. The summed E-state index contributed by atoms with van der Waals surface area (Å²) in [5.74, 6) is 0.0494. The molecule has 0 saturated carbocycles. The minimum Gasteiger partial charge on any atom is -0.423 e. The normalized spacial score (nSPS) is 19.0. The molecule has 2 aliphatic heterocycles. The van der Waals surface area contributed by atoms with E-state index in [1.807, 2.05) is 24.3 Å². The number of piperidine rings is 1. The standard InChI is InChI=1S/C21H23ClN4O4S2/c22-18-5-6-19(31-18)32(28,29)26-13-11-24(12-14-26)20(27)15-7-9-25(10-8-15)21-23-16-3-1-2-4-17(16)30-21/h1-6,15H,7-14H2. The van der Waals surface area contributed by atoms with Crippen molar-refractivity contribution in [3.05, 3.63) is 40.7 Å². The minimum absolute atomic E-state index is 0.0603. The number of aromatic nitrogens is 1. The molecule has 2 fully saturated rings. The van der Waals surface area contributed by atoms with Gasteiger partial charge in [-0.25, -0.2) is 8.42 Å². The number of para-hydroxylation sites is 2. The summed E-state index contributed by atoms with van der Waals surface area (Å²) in [5, 5.41) is 0. The zero-order valence-electron chi connectivity index (χ0n) is 17.3. The largest absolute Gasteiger partial charge is 0.423 e. The van der Waals surface area contributed by atoms with Gasteiger partial charge < -0.3 is 14.2 Å². The molecule has 5 rings (SSSR count). The van der Waals surface area contributed by atoms with Crippen LogP contribution in [0.2, 0.25) is 4.34 Å². The van der Waals surface area contributed by atoms with Gasteiger partial charge in [0.05, 0.1) is 4.34 Å². The second kappa shape index (κ2) is 8.66. The highest BCUT2D eigenvalue weighted by molar-refractivity contribution is 7.91. The van der Waals surface area contributed by atoms with E-state index in [9.17, 15) is 13.2 Å². The molecule has 4 heterocycles.